The highest BCUT2D eigenvalue weighted by atomic mass is 15.0. The van der Waals surface area contributed by atoms with Crippen molar-refractivity contribution in [3.05, 3.63) is 35.4 Å². The molecule has 3 rings (SSSR count). The van der Waals surface area contributed by atoms with Gasteiger partial charge in [-0.15, -0.1) is 0 Å². The van der Waals surface area contributed by atoms with Gasteiger partial charge in [-0.1, -0.05) is 38.1 Å². The number of fused-ring (bicyclic) bond motifs is 1. The Kier molecular flexibility index (Phi) is 1.93. The first-order valence-electron chi connectivity index (χ1n) is 6.01. The van der Waals surface area contributed by atoms with Crippen LogP contribution in [0.4, 0.5) is 0 Å². The van der Waals surface area contributed by atoms with Crippen molar-refractivity contribution < 1.29 is 0 Å². The molecule has 0 aromatic heterocycles. The van der Waals surface area contributed by atoms with Crippen LogP contribution in [0, 0.1) is 5.41 Å². The first-order valence-corrected chi connectivity index (χ1v) is 6.01. The molecule has 2 unspecified atom stereocenters. The zero-order chi connectivity index (χ0) is 10.5. The first kappa shape index (κ1) is 9.41. The maximum Gasteiger partial charge on any atom is 0.0328 e. The van der Waals surface area contributed by atoms with Crippen LogP contribution in [0.1, 0.15) is 43.9 Å². The van der Waals surface area contributed by atoms with Crippen LogP contribution < -0.4 is 5.32 Å². The lowest BCUT2D eigenvalue weighted by Crippen LogP contribution is -2.24. The highest BCUT2D eigenvalue weighted by Gasteiger charge is 2.46. The molecule has 1 aromatic carbocycles. The fraction of sp³-hybridized carbons (Fsp3) is 0.571. The summed E-state index contributed by atoms with van der Waals surface area (Å²) in [4.78, 5) is 0. The van der Waals surface area contributed by atoms with E-state index in [1.165, 1.54) is 19.3 Å². The van der Waals surface area contributed by atoms with Crippen LogP contribution >= 0.6 is 0 Å². The average Bonchev–Trinajstić information content (AvgIpc) is 2.64. The van der Waals surface area contributed by atoms with Gasteiger partial charge in [0.25, 0.3) is 0 Å². The minimum absolute atomic E-state index is 0.539. The van der Waals surface area contributed by atoms with Gasteiger partial charge in [0.1, 0.15) is 0 Å². The molecule has 0 saturated heterocycles. The molecular formula is C14H19N. The molecule has 1 fully saturated rings. The van der Waals surface area contributed by atoms with Crippen LogP contribution in [-0.4, -0.2) is 6.04 Å². The Morgan fingerprint density at radius 1 is 1.27 bits per heavy atom. The minimum atomic E-state index is 0.539. The van der Waals surface area contributed by atoms with E-state index in [1.54, 1.807) is 11.1 Å². The molecule has 2 aliphatic rings. The number of aryl methyl sites for hydroxylation is 1. The molecule has 1 heteroatoms. The van der Waals surface area contributed by atoms with Crippen molar-refractivity contribution in [2.45, 2.75) is 45.2 Å². The van der Waals surface area contributed by atoms with E-state index in [0.29, 0.717) is 11.5 Å². The summed E-state index contributed by atoms with van der Waals surface area (Å²) < 4.78 is 0. The number of nitrogens with one attached hydrogen (secondary N) is 1. The summed E-state index contributed by atoms with van der Waals surface area (Å²) in [7, 11) is 0. The molecule has 1 N–H and O–H groups in total. The molecular weight excluding hydrogens is 182 g/mol. The first-order chi connectivity index (χ1) is 7.17. The lowest BCUT2D eigenvalue weighted by atomic mass is 10.1. The summed E-state index contributed by atoms with van der Waals surface area (Å²) >= 11 is 0. The largest absolute Gasteiger partial charge is 0.307 e. The predicted molar refractivity (Wildman–Crippen MR) is 62.8 cm³/mol. The molecule has 2 atom stereocenters. The second kappa shape index (κ2) is 3.08. The monoisotopic (exact) mass is 201 g/mol. The van der Waals surface area contributed by atoms with Gasteiger partial charge in [0.15, 0.2) is 0 Å². The number of hydrogen-bond acceptors (Lipinski definition) is 1. The van der Waals surface area contributed by atoms with E-state index in [1.807, 2.05) is 0 Å². The minimum Gasteiger partial charge on any atom is -0.307 e. The predicted octanol–water partition coefficient (Wildman–Crippen LogP) is 3.06. The fourth-order valence-electron chi connectivity index (χ4n) is 2.72. The third-order valence-electron chi connectivity index (χ3n) is 4.05. The summed E-state index contributed by atoms with van der Waals surface area (Å²) in [5.41, 5.74) is 3.63. The van der Waals surface area contributed by atoms with Crippen molar-refractivity contribution in [2.75, 3.05) is 0 Å². The van der Waals surface area contributed by atoms with Gasteiger partial charge in [-0.3, -0.25) is 0 Å². The smallest absolute Gasteiger partial charge is 0.0328 e. The lowest BCUT2D eigenvalue weighted by molar-refractivity contribution is 0.468. The topological polar surface area (TPSA) is 12.0 Å². The third kappa shape index (κ3) is 1.59. The molecule has 80 valence electrons. The second-order valence-corrected chi connectivity index (χ2v) is 5.70. The van der Waals surface area contributed by atoms with Crippen molar-refractivity contribution in [3.63, 3.8) is 0 Å². The second-order valence-electron chi connectivity index (χ2n) is 5.70. The van der Waals surface area contributed by atoms with Crippen molar-refractivity contribution in [1.82, 2.24) is 5.32 Å². The van der Waals surface area contributed by atoms with Gasteiger partial charge < -0.3 is 5.32 Å². The molecule has 0 radical (unpaired) electrons. The molecule has 0 bridgehead atoms. The van der Waals surface area contributed by atoms with E-state index in [2.05, 4.69) is 43.4 Å². The van der Waals surface area contributed by atoms with Crippen LogP contribution in [0.25, 0.3) is 0 Å². The Morgan fingerprint density at radius 3 is 2.73 bits per heavy atom. The quantitative estimate of drug-likeness (QED) is 0.775. The molecule has 1 nitrogen and oxygen atoms in total. The highest BCUT2D eigenvalue weighted by Crippen LogP contribution is 2.46. The standard InChI is InChI=1S/C14H19N/c1-14(2)9-13(14)15-12-8-7-10-5-3-4-6-11(10)12/h3-6,12-13,15H,7-9H2,1-2H3. The number of rotatable bonds is 2. The van der Waals surface area contributed by atoms with Gasteiger partial charge in [0, 0.05) is 12.1 Å². The van der Waals surface area contributed by atoms with Crippen molar-refractivity contribution >= 4 is 0 Å². The van der Waals surface area contributed by atoms with Crippen molar-refractivity contribution in [3.8, 4) is 0 Å². The summed E-state index contributed by atoms with van der Waals surface area (Å²) in [6.45, 7) is 4.71. The molecule has 0 spiro atoms. The Hall–Kier alpha value is -0.820. The SMILES string of the molecule is CC1(C)CC1NC1CCc2ccccc21. The van der Waals surface area contributed by atoms with Crippen molar-refractivity contribution in [2.24, 2.45) is 5.41 Å². The zero-order valence-electron chi connectivity index (χ0n) is 9.59. The van der Waals surface area contributed by atoms with Crippen LogP contribution in [0.3, 0.4) is 0 Å². The van der Waals surface area contributed by atoms with Gasteiger partial charge in [0.2, 0.25) is 0 Å². The number of benzene rings is 1. The van der Waals surface area contributed by atoms with E-state index in [-0.39, 0.29) is 0 Å². The van der Waals surface area contributed by atoms with Gasteiger partial charge in [-0.05, 0) is 35.8 Å². The summed E-state index contributed by atoms with van der Waals surface area (Å²) in [5, 5.41) is 3.80. The van der Waals surface area contributed by atoms with E-state index < -0.39 is 0 Å². The lowest BCUT2D eigenvalue weighted by Gasteiger charge is -2.15. The maximum atomic E-state index is 3.80. The number of hydrogen-bond donors (Lipinski definition) is 1. The van der Waals surface area contributed by atoms with E-state index in [4.69, 9.17) is 0 Å². The molecule has 15 heavy (non-hydrogen) atoms. The van der Waals surface area contributed by atoms with Gasteiger partial charge >= 0.3 is 0 Å². The Bertz CT molecular complexity index is 381. The van der Waals surface area contributed by atoms with Gasteiger partial charge in [0.05, 0.1) is 0 Å². The molecule has 1 saturated carbocycles. The van der Waals surface area contributed by atoms with Gasteiger partial charge in [-0.25, -0.2) is 0 Å². The highest BCUT2D eigenvalue weighted by molar-refractivity contribution is 5.34. The fourth-order valence-corrected chi connectivity index (χ4v) is 2.72. The molecule has 1 aromatic rings. The van der Waals surface area contributed by atoms with E-state index in [9.17, 15) is 0 Å². The zero-order valence-corrected chi connectivity index (χ0v) is 9.59. The molecule has 2 aliphatic carbocycles. The summed E-state index contributed by atoms with van der Waals surface area (Å²) in [5.74, 6) is 0. The molecule has 0 heterocycles. The van der Waals surface area contributed by atoms with Gasteiger partial charge in [-0.2, -0.15) is 0 Å². The maximum absolute atomic E-state index is 3.80. The molecule has 0 aliphatic heterocycles. The van der Waals surface area contributed by atoms with Crippen LogP contribution in [0.2, 0.25) is 0 Å². The average molecular weight is 201 g/mol. The third-order valence-corrected chi connectivity index (χ3v) is 4.05. The normalized spacial score (nSPS) is 31.3. The molecule has 0 amide bonds. The van der Waals surface area contributed by atoms with Crippen LogP contribution in [-0.2, 0) is 6.42 Å². The van der Waals surface area contributed by atoms with E-state index >= 15 is 0 Å². The Morgan fingerprint density at radius 2 is 2.00 bits per heavy atom. The summed E-state index contributed by atoms with van der Waals surface area (Å²) in [6.07, 6.45) is 3.87. The Labute approximate surface area is 91.9 Å². The van der Waals surface area contributed by atoms with Crippen molar-refractivity contribution in [1.29, 1.82) is 0 Å². The summed E-state index contributed by atoms with van der Waals surface area (Å²) in [6, 6.07) is 10.2. The van der Waals surface area contributed by atoms with E-state index in [0.717, 1.165) is 6.04 Å². The van der Waals surface area contributed by atoms with Crippen LogP contribution in [0.5, 0.6) is 0 Å². The van der Waals surface area contributed by atoms with Crippen LogP contribution in [0.15, 0.2) is 24.3 Å². The Balaban J connectivity index is 1.75.